The van der Waals surface area contributed by atoms with Crippen molar-refractivity contribution in [3.63, 3.8) is 0 Å². The van der Waals surface area contributed by atoms with Crippen molar-refractivity contribution in [2.24, 2.45) is 5.92 Å². The zero-order valence-electron chi connectivity index (χ0n) is 18.7. The Morgan fingerprint density at radius 2 is 1.97 bits per heavy atom. The van der Waals surface area contributed by atoms with Gasteiger partial charge in [0.25, 0.3) is 0 Å². The number of carbonyl (C=O) groups is 2. The second kappa shape index (κ2) is 8.67. The highest BCUT2D eigenvalue weighted by molar-refractivity contribution is 5.90. The third-order valence-electron chi connectivity index (χ3n) is 6.52. The Labute approximate surface area is 186 Å². The van der Waals surface area contributed by atoms with Crippen molar-refractivity contribution in [2.45, 2.75) is 25.4 Å². The van der Waals surface area contributed by atoms with Gasteiger partial charge in [-0.05, 0) is 41.8 Å². The number of hydrogen-bond donors (Lipinski definition) is 2. The Hall–Kier alpha value is -3.32. The largest absolute Gasteiger partial charge is 0.496 e. The van der Waals surface area contributed by atoms with Gasteiger partial charge in [0.05, 0.1) is 31.8 Å². The third-order valence-corrected chi connectivity index (χ3v) is 6.52. The first-order valence-corrected chi connectivity index (χ1v) is 10.7. The zero-order valence-corrected chi connectivity index (χ0v) is 18.7. The molecule has 2 aromatic carbocycles. The van der Waals surface area contributed by atoms with Gasteiger partial charge in [0.2, 0.25) is 5.91 Å². The summed E-state index contributed by atoms with van der Waals surface area (Å²) in [5.74, 6) is -0.290. The number of aliphatic hydroxyl groups excluding tert-OH is 1. The Morgan fingerprint density at radius 3 is 2.62 bits per heavy atom. The second-order valence-electron chi connectivity index (χ2n) is 8.32. The molecule has 3 aromatic rings. The molecule has 1 amide bonds. The van der Waals surface area contributed by atoms with Crippen LogP contribution in [0.5, 0.6) is 5.75 Å². The number of hydrogen-bond acceptors (Lipinski definition) is 5. The lowest BCUT2D eigenvalue weighted by Gasteiger charge is -2.19. The second-order valence-corrected chi connectivity index (χ2v) is 8.32. The molecule has 0 saturated carbocycles. The van der Waals surface area contributed by atoms with Gasteiger partial charge < -0.3 is 24.5 Å². The molecule has 168 valence electrons. The molecule has 4 rings (SSSR count). The normalized spacial score (nSPS) is 18.1. The molecule has 0 bridgehead atoms. The average Bonchev–Trinajstić information content (AvgIpc) is 3.39. The summed E-state index contributed by atoms with van der Waals surface area (Å²) in [7, 11) is 4.69. The van der Waals surface area contributed by atoms with Crippen LogP contribution in [-0.4, -0.2) is 54.7 Å². The minimum absolute atomic E-state index is 0.0179. The first-order valence-electron chi connectivity index (χ1n) is 10.7. The summed E-state index contributed by atoms with van der Waals surface area (Å²) in [4.78, 5) is 29.2. The predicted octanol–water partition coefficient (Wildman–Crippen LogP) is 3.63. The average molecular weight is 437 g/mol. The summed E-state index contributed by atoms with van der Waals surface area (Å²) >= 11 is 0. The van der Waals surface area contributed by atoms with E-state index >= 15 is 0 Å². The van der Waals surface area contributed by atoms with Crippen LogP contribution in [0.1, 0.15) is 52.4 Å². The predicted molar refractivity (Wildman–Crippen MR) is 121 cm³/mol. The molecular formula is C25H28N2O5. The maximum Gasteiger partial charge on any atom is 0.337 e. The molecule has 7 nitrogen and oxygen atoms in total. The smallest absolute Gasteiger partial charge is 0.337 e. The molecule has 1 aromatic heterocycles. The Bertz CT molecular complexity index is 1170. The molecular weight excluding hydrogens is 408 g/mol. The number of likely N-dealkylation sites (tertiary alicyclic amines) is 1. The van der Waals surface area contributed by atoms with Crippen molar-refractivity contribution in [1.29, 1.82) is 0 Å². The van der Waals surface area contributed by atoms with Crippen LogP contribution in [0.3, 0.4) is 0 Å². The number of aliphatic hydroxyl groups is 1. The lowest BCUT2D eigenvalue weighted by Crippen LogP contribution is -2.26. The van der Waals surface area contributed by atoms with E-state index in [1.54, 1.807) is 31.2 Å². The van der Waals surface area contributed by atoms with Crippen LogP contribution in [0.25, 0.3) is 10.9 Å². The van der Waals surface area contributed by atoms with Crippen LogP contribution in [-0.2, 0) is 9.53 Å². The van der Waals surface area contributed by atoms with Gasteiger partial charge in [-0.3, -0.25) is 4.79 Å². The number of amides is 1. The summed E-state index contributed by atoms with van der Waals surface area (Å²) in [6.07, 6.45) is 1.76. The number of methoxy groups -OCH3 is 2. The van der Waals surface area contributed by atoms with E-state index in [1.165, 1.54) is 7.11 Å². The lowest BCUT2D eigenvalue weighted by atomic mass is 9.89. The molecule has 1 aliphatic rings. The first-order chi connectivity index (χ1) is 15.3. The summed E-state index contributed by atoms with van der Waals surface area (Å²) in [5.41, 5.74) is 4.07. The van der Waals surface area contributed by atoms with Crippen LogP contribution in [0.15, 0.2) is 42.6 Å². The molecule has 1 saturated heterocycles. The number of esters is 1. The van der Waals surface area contributed by atoms with Crippen molar-refractivity contribution in [3.05, 3.63) is 64.8 Å². The number of rotatable bonds is 6. The molecule has 32 heavy (non-hydrogen) atoms. The molecule has 0 spiro atoms. The van der Waals surface area contributed by atoms with Crippen molar-refractivity contribution in [2.75, 3.05) is 27.8 Å². The Kier molecular flexibility index (Phi) is 5.93. The van der Waals surface area contributed by atoms with Gasteiger partial charge in [-0.15, -0.1) is 0 Å². The fraction of sp³-hybridized carbons (Fsp3) is 0.360. The van der Waals surface area contributed by atoms with Gasteiger partial charge in [-0.25, -0.2) is 4.79 Å². The number of aromatic amines is 1. The number of ether oxygens (including phenoxy) is 2. The van der Waals surface area contributed by atoms with E-state index in [0.717, 1.165) is 27.6 Å². The van der Waals surface area contributed by atoms with Crippen LogP contribution in [0.2, 0.25) is 0 Å². The van der Waals surface area contributed by atoms with E-state index in [2.05, 4.69) is 11.9 Å². The van der Waals surface area contributed by atoms with Gasteiger partial charge in [0.15, 0.2) is 0 Å². The van der Waals surface area contributed by atoms with Crippen LogP contribution < -0.4 is 4.74 Å². The van der Waals surface area contributed by atoms with E-state index in [4.69, 9.17) is 9.47 Å². The van der Waals surface area contributed by atoms with E-state index in [0.29, 0.717) is 24.3 Å². The summed E-state index contributed by atoms with van der Waals surface area (Å²) in [6.45, 7) is 2.73. The van der Waals surface area contributed by atoms with Gasteiger partial charge in [-0.2, -0.15) is 0 Å². The van der Waals surface area contributed by atoms with Crippen LogP contribution >= 0.6 is 0 Å². The number of benzene rings is 2. The minimum Gasteiger partial charge on any atom is -0.496 e. The lowest BCUT2D eigenvalue weighted by molar-refractivity contribution is -0.132. The summed E-state index contributed by atoms with van der Waals surface area (Å²) in [6, 6.07) is 11.1. The third kappa shape index (κ3) is 3.73. The molecule has 2 N–H and O–H groups in total. The molecule has 1 fully saturated rings. The SMILES string of the molecule is COC(=O)c1ccc(C(C)c2c[nH]c3ccc(C(O)C4CCN(C)C4=O)cc23)c(OC)c1. The number of fused-ring (bicyclic) bond motifs is 1. The number of aromatic nitrogens is 1. The van der Waals surface area contributed by atoms with E-state index < -0.39 is 18.0 Å². The van der Waals surface area contributed by atoms with Gasteiger partial charge in [-0.1, -0.05) is 19.1 Å². The fourth-order valence-electron chi connectivity index (χ4n) is 4.56. The molecule has 3 atom stereocenters. The molecule has 2 heterocycles. The first kappa shape index (κ1) is 21.9. The fourth-order valence-corrected chi connectivity index (χ4v) is 4.56. The van der Waals surface area contributed by atoms with Gasteiger partial charge in [0.1, 0.15) is 5.75 Å². The highest BCUT2D eigenvalue weighted by Crippen LogP contribution is 2.38. The highest BCUT2D eigenvalue weighted by Gasteiger charge is 2.35. The maximum atomic E-state index is 12.4. The number of nitrogens with zero attached hydrogens (tertiary/aromatic N) is 1. The maximum absolute atomic E-state index is 12.4. The van der Waals surface area contributed by atoms with Gasteiger partial charge in [0, 0.05) is 42.2 Å². The molecule has 3 unspecified atom stereocenters. The Morgan fingerprint density at radius 1 is 1.19 bits per heavy atom. The monoisotopic (exact) mass is 436 g/mol. The topological polar surface area (TPSA) is 91.9 Å². The van der Waals surface area contributed by atoms with Crippen LogP contribution in [0.4, 0.5) is 0 Å². The standard InChI is InChI=1S/C25H28N2O5/c1-14(17-7-5-16(25(30)32-4)12-22(17)31-3)20-13-26-21-8-6-15(11-19(20)21)23(28)18-9-10-27(2)24(18)29/h5-8,11-14,18,23,26,28H,9-10H2,1-4H3. The number of carbonyl (C=O) groups excluding carboxylic acids is 2. The minimum atomic E-state index is -0.844. The quantitative estimate of drug-likeness (QED) is 0.576. The molecule has 7 heteroatoms. The van der Waals surface area contributed by atoms with Crippen molar-refractivity contribution < 1.29 is 24.2 Å². The van der Waals surface area contributed by atoms with Crippen molar-refractivity contribution >= 4 is 22.8 Å². The Balaban J connectivity index is 1.70. The summed E-state index contributed by atoms with van der Waals surface area (Å²) < 4.78 is 10.4. The molecule has 0 aliphatic carbocycles. The van der Waals surface area contributed by atoms with E-state index in [9.17, 15) is 14.7 Å². The number of H-pyrrole nitrogens is 1. The van der Waals surface area contributed by atoms with E-state index in [1.807, 2.05) is 30.5 Å². The highest BCUT2D eigenvalue weighted by atomic mass is 16.5. The van der Waals surface area contributed by atoms with Gasteiger partial charge >= 0.3 is 5.97 Å². The van der Waals surface area contributed by atoms with Crippen molar-refractivity contribution in [3.8, 4) is 5.75 Å². The van der Waals surface area contributed by atoms with Crippen LogP contribution in [0, 0.1) is 5.92 Å². The summed E-state index contributed by atoms with van der Waals surface area (Å²) in [5, 5.41) is 11.9. The van der Waals surface area contributed by atoms with Crippen molar-refractivity contribution in [1.82, 2.24) is 9.88 Å². The van der Waals surface area contributed by atoms with E-state index in [-0.39, 0.29) is 11.8 Å². The zero-order chi connectivity index (χ0) is 23.0. The molecule has 1 aliphatic heterocycles. The number of nitrogens with one attached hydrogen (secondary N) is 1. The molecule has 0 radical (unpaired) electrons.